The average molecular weight is 405 g/mol. The molecular formula is C20H23NO6S. The van der Waals surface area contributed by atoms with E-state index in [-0.39, 0.29) is 16.2 Å². The molecule has 2 aromatic rings. The largest absolute Gasteiger partial charge is 0.451 e. The molecule has 0 unspecified atom stereocenters. The third-order valence-electron chi connectivity index (χ3n) is 4.26. The van der Waals surface area contributed by atoms with Gasteiger partial charge in [-0.25, -0.2) is 13.2 Å². The molecule has 0 spiro atoms. The zero-order chi connectivity index (χ0) is 20.9. The Morgan fingerprint density at radius 3 is 2.29 bits per heavy atom. The molecule has 0 amide bonds. The number of carbonyl (C=O) groups is 2. The molecule has 150 valence electrons. The first-order valence-corrected chi connectivity index (χ1v) is 10.1. The fourth-order valence-electron chi connectivity index (χ4n) is 2.45. The molecule has 0 saturated heterocycles. The minimum atomic E-state index is -3.90. The number of carbonyl (C=O) groups excluding carboxylic acids is 2. The van der Waals surface area contributed by atoms with Gasteiger partial charge < -0.3 is 4.74 Å². The zero-order valence-electron chi connectivity index (χ0n) is 16.2. The quantitative estimate of drug-likeness (QED) is 0.381. The Kier molecular flexibility index (Phi) is 7.06. The van der Waals surface area contributed by atoms with Crippen LogP contribution < -0.4 is 0 Å². The summed E-state index contributed by atoms with van der Waals surface area (Å²) in [6, 6.07) is 12.4. The van der Waals surface area contributed by atoms with Crippen LogP contribution in [0.25, 0.3) is 0 Å². The molecule has 0 fully saturated rings. The maximum atomic E-state index is 12.5. The van der Waals surface area contributed by atoms with Crippen molar-refractivity contribution in [1.82, 2.24) is 4.47 Å². The Balaban J connectivity index is 2.15. The minimum Gasteiger partial charge on any atom is -0.451 e. The highest BCUT2D eigenvalue weighted by Crippen LogP contribution is 2.18. The summed E-state index contributed by atoms with van der Waals surface area (Å²) in [5, 5.41) is 0. The third kappa shape index (κ3) is 4.83. The van der Waals surface area contributed by atoms with Crippen LogP contribution >= 0.6 is 0 Å². The minimum absolute atomic E-state index is 0.0200. The standard InChI is InChI=1S/C20H23NO6S/c1-5-15-9-11-16(12-10-15)19(22)14(2)27-20(23)17-7-6-8-18(13-17)28(24,25)21(3)26-4/h6-14H,5H2,1-4H3/t14-/m0/s1. The molecule has 0 radical (unpaired) electrons. The molecule has 7 nitrogen and oxygen atoms in total. The van der Waals surface area contributed by atoms with Crippen molar-refractivity contribution in [3.05, 3.63) is 65.2 Å². The Morgan fingerprint density at radius 1 is 1.07 bits per heavy atom. The molecule has 0 N–H and O–H groups in total. The van der Waals surface area contributed by atoms with E-state index in [4.69, 9.17) is 9.57 Å². The summed E-state index contributed by atoms with van der Waals surface area (Å²) in [6.45, 7) is 3.49. The topological polar surface area (TPSA) is 90.0 Å². The monoisotopic (exact) mass is 405 g/mol. The van der Waals surface area contributed by atoms with Crippen LogP contribution in [0.2, 0.25) is 0 Å². The van der Waals surface area contributed by atoms with E-state index in [1.165, 1.54) is 45.3 Å². The van der Waals surface area contributed by atoms with Crippen molar-refractivity contribution in [1.29, 1.82) is 0 Å². The first-order valence-electron chi connectivity index (χ1n) is 8.68. The molecular weight excluding hydrogens is 382 g/mol. The SMILES string of the molecule is CCc1ccc(C(=O)[C@H](C)OC(=O)c2cccc(S(=O)(=O)N(C)OC)c2)cc1. The van der Waals surface area contributed by atoms with E-state index >= 15 is 0 Å². The Labute approximate surface area is 164 Å². The summed E-state index contributed by atoms with van der Waals surface area (Å²) in [4.78, 5) is 29.5. The Bertz CT molecular complexity index is 953. The summed E-state index contributed by atoms with van der Waals surface area (Å²) in [6.07, 6.45) is -0.154. The number of hydroxylamine groups is 1. The van der Waals surface area contributed by atoms with Crippen LogP contribution in [0, 0.1) is 0 Å². The number of hydrogen-bond donors (Lipinski definition) is 0. The van der Waals surface area contributed by atoms with E-state index < -0.39 is 22.1 Å². The maximum absolute atomic E-state index is 12.5. The normalized spacial score (nSPS) is 12.6. The second kappa shape index (κ2) is 9.09. The van der Waals surface area contributed by atoms with Crippen molar-refractivity contribution in [2.45, 2.75) is 31.3 Å². The number of sulfonamides is 1. The van der Waals surface area contributed by atoms with Crippen LogP contribution in [-0.4, -0.2) is 44.9 Å². The number of nitrogens with zero attached hydrogens (tertiary/aromatic N) is 1. The number of ether oxygens (including phenoxy) is 1. The molecule has 0 aromatic heterocycles. The summed E-state index contributed by atoms with van der Waals surface area (Å²) in [5.74, 6) is -1.12. The van der Waals surface area contributed by atoms with Gasteiger partial charge in [-0.1, -0.05) is 41.7 Å². The predicted molar refractivity (Wildman–Crippen MR) is 103 cm³/mol. The Morgan fingerprint density at radius 2 is 1.71 bits per heavy atom. The van der Waals surface area contributed by atoms with Gasteiger partial charge in [0.15, 0.2) is 6.10 Å². The fraction of sp³-hybridized carbons (Fsp3) is 0.300. The second-order valence-electron chi connectivity index (χ2n) is 6.09. The summed E-state index contributed by atoms with van der Waals surface area (Å²) in [7, 11) is -1.44. The number of rotatable bonds is 8. The predicted octanol–water partition coefficient (Wildman–Crippen LogP) is 2.86. The van der Waals surface area contributed by atoms with Gasteiger partial charge in [-0.2, -0.15) is 0 Å². The number of ketones is 1. The first-order chi connectivity index (χ1) is 13.2. The van der Waals surface area contributed by atoms with Crippen LogP contribution in [0.5, 0.6) is 0 Å². The lowest BCUT2D eigenvalue weighted by Crippen LogP contribution is -2.26. The third-order valence-corrected chi connectivity index (χ3v) is 5.94. The lowest BCUT2D eigenvalue weighted by molar-refractivity contribution is -0.0258. The van der Waals surface area contributed by atoms with Crippen LogP contribution in [0.15, 0.2) is 53.4 Å². The summed E-state index contributed by atoms with van der Waals surface area (Å²) >= 11 is 0. The van der Waals surface area contributed by atoms with Gasteiger partial charge in [0.1, 0.15) is 0 Å². The molecule has 0 aliphatic rings. The zero-order valence-corrected chi connectivity index (χ0v) is 17.0. The van der Waals surface area contributed by atoms with Gasteiger partial charge in [0.25, 0.3) is 10.0 Å². The summed E-state index contributed by atoms with van der Waals surface area (Å²) < 4.78 is 30.5. The van der Waals surface area contributed by atoms with E-state index in [0.717, 1.165) is 12.0 Å². The lowest BCUT2D eigenvalue weighted by Gasteiger charge is -2.15. The number of benzene rings is 2. The van der Waals surface area contributed by atoms with Crippen molar-refractivity contribution in [3.8, 4) is 0 Å². The van der Waals surface area contributed by atoms with E-state index in [1.54, 1.807) is 12.1 Å². The molecule has 2 rings (SSSR count). The van der Waals surface area contributed by atoms with E-state index in [0.29, 0.717) is 10.0 Å². The van der Waals surface area contributed by atoms with Gasteiger partial charge in [0, 0.05) is 12.6 Å². The highest BCUT2D eigenvalue weighted by molar-refractivity contribution is 7.89. The van der Waals surface area contributed by atoms with Gasteiger partial charge in [-0.3, -0.25) is 9.63 Å². The van der Waals surface area contributed by atoms with E-state index in [1.807, 2.05) is 19.1 Å². The van der Waals surface area contributed by atoms with Crippen LogP contribution in [0.1, 0.15) is 40.1 Å². The van der Waals surface area contributed by atoms with E-state index in [9.17, 15) is 18.0 Å². The van der Waals surface area contributed by atoms with E-state index in [2.05, 4.69) is 0 Å². The fourth-order valence-corrected chi connectivity index (χ4v) is 3.47. The highest BCUT2D eigenvalue weighted by atomic mass is 32.2. The molecule has 8 heteroatoms. The molecule has 2 aromatic carbocycles. The Hall–Kier alpha value is -2.55. The number of esters is 1. The maximum Gasteiger partial charge on any atom is 0.338 e. The van der Waals surface area contributed by atoms with Gasteiger partial charge in [-0.15, -0.1) is 0 Å². The number of Topliss-reactive ketones (excluding diaryl/α,β-unsaturated/α-hetero) is 1. The first kappa shape index (κ1) is 21.7. The van der Waals surface area contributed by atoms with Crippen molar-refractivity contribution in [2.75, 3.05) is 14.2 Å². The molecule has 0 aliphatic carbocycles. The molecule has 0 aliphatic heterocycles. The van der Waals surface area contributed by atoms with Gasteiger partial charge in [-0.05, 0) is 37.1 Å². The number of hydrogen-bond acceptors (Lipinski definition) is 6. The van der Waals surface area contributed by atoms with Gasteiger partial charge in [0.05, 0.1) is 17.6 Å². The van der Waals surface area contributed by atoms with Gasteiger partial charge >= 0.3 is 5.97 Å². The molecule has 28 heavy (non-hydrogen) atoms. The van der Waals surface area contributed by atoms with Crippen LogP contribution in [-0.2, 0) is 26.0 Å². The smallest absolute Gasteiger partial charge is 0.338 e. The van der Waals surface area contributed by atoms with Crippen LogP contribution in [0.3, 0.4) is 0 Å². The highest BCUT2D eigenvalue weighted by Gasteiger charge is 2.24. The average Bonchev–Trinajstić information content (AvgIpc) is 2.72. The molecule has 0 heterocycles. The lowest BCUT2D eigenvalue weighted by atomic mass is 10.0. The van der Waals surface area contributed by atoms with Gasteiger partial charge in [0.2, 0.25) is 5.78 Å². The van der Waals surface area contributed by atoms with Crippen molar-refractivity contribution < 1.29 is 27.6 Å². The van der Waals surface area contributed by atoms with Crippen molar-refractivity contribution in [3.63, 3.8) is 0 Å². The molecule has 0 bridgehead atoms. The van der Waals surface area contributed by atoms with Crippen molar-refractivity contribution in [2.24, 2.45) is 0 Å². The number of aryl methyl sites for hydroxylation is 1. The summed E-state index contributed by atoms with van der Waals surface area (Å²) in [5.41, 5.74) is 1.56. The van der Waals surface area contributed by atoms with Crippen molar-refractivity contribution >= 4 is 21.8 Å². The molecule has 1 atom stereocenters. The van der Waals surface area contributed by atoms with Crippen LogP contribution in [0.4, 0.5) is 0 Å². The second-order valence-corrected chi connectivity index (χ2v) is 8.02. The molecule has 0 saturated carbocycles.